The molecular weight excluding hydrogens is 824 g/mol. The summed E-state index contributed by atoms with van der Waals surface area (Å²) in [5.41, 5.74) is 0. The predicted octanol–water partition coefficient (Wildman–Crippen LogP) is 2.92. The number of unbranched alkanes of at least 4 members (excludes halogenated alkanes) is 8. The Morgan fingerprint density at radius 3 is 0.921 bits per heavy atom. The Morgan fingerprint density at radius 1 is 0.349 bits per heavy atom. The molecule has 0 aliphatic heterocycles. The van der Waals surface area contributed by atoms with Gasteiger partial charge in [-0.15, -0.1) is 0 Å². The standard InChI is InChI=1S/C45H92N2O16/c1-2-3-4-5-6-7-8-9-10-12-45(50)46-13-11-14-47(15-19-51-23-27-55-31-35-59-39-41-61-37-33-57-29-25-53-21-17-48)16-20-52-24-28-56-32-36-60-40-43-63-44-42-62-38-34-58-30-26-54-22-18-49/h48-49H,2-44H2,1H3,(H,46,50). The molecular formula is C45H92N2O16. The van der Waals surface area contributed by atoms with Crippen LogP contribution in [0, 0.1) is 0 Å². The van der Waals surface area contributed by atoms with E-state index in [1.807, 2.05) is 0 Å². The fourth-order valence-electron chi connectivity index (χ4n) is 5.69. The number of aliphatic hydroxyl groups excluding tert-OH is 2. The Balaban J connectivity index is 4.00. The highest BCUT2D eigenvalue weighted by atomic mass is 16.6. The summed E-state index contributed by atoms with van der Waals surface area (Å²) in [6.07, 6.45) is 12.6. The first-order chi connectivity index (χ1) is 31.2. The predicted molar refractivity (Wildman–Crippen MR) is 241 cm³/mol. The van der Waals surface area contributed by atoms with Crippen molar-refractivity contribution in [3.63, 3.8) is 0 Å². The average molecular weight is 917 g/mol. The van der Waals surface area contributed by atoms with E-state index in [4.69, 9.17) is 71.8 Å². The Hall–Kier alpha value is -1.17. The lowest BCUT2D eigenvalue weighted by atomic mass is 10.1. The number of nitrogens with zero attached hydrogens (tertiary/aromatic N) is 1. The van der Waals surface area contributed by atoms with Crippen molar-refractivity contribution in [3.05, 3.63) is 0 Å². The van der Waals surface area contributed by atoms with Crippen molar-refractivity contribution in [1.82, 2.24) is 10.2 Å². The van der Waals surface area contributed by atoms with E-state index in [9.17, 15) is 4.79 Å². The van der Waals surface area contributed by atoms with E-state index in [1.165, 1.54) is 44.9 Å². The minimum atomic E-state index is 0.0162. The second kappa shape index (κ2) is 57.0. The van der Waals surface area contributed by atoms with Crippen molar-refractivity contribution in [2.75, 3.05) is 211 Å². The number of hydrogen-bond acceptors (Lipinski definition) is 17. The van der Waals surface area contributed by atoms with E-state index in [-0.39, 0.29) is 19.1 Å². The second-order valence-electron chi connectivity index (χ2n) is 14.5. The molecule has 0 aliphatic carbocycles. The van der Waals surface area contributed by atoms with E-state index in [2.05, 4.69) is 17.1 Å². The number of hydrogen-bond donors (Lipinski definition) is 3. The Labute approximate surface area is 380 Å². The van der Waals surface area contributed by atoms with Crippen molar-refractivity contribution in [2.24, 2.45) is 0 Å². The van der Waals surface area contributed by atoms with Crippen LogP contribution in [-0.2, 0) is 66.4 Å². The molecule has 18 heteroatoms. The number of rotatable bonds is 57. The second-order valence-corrected chi connectivity index (χ2v) is 14.5. The SMILES string of the molecule is CCCCCCCCCCCC(=O)NCCCN(CCOCCOCCOCCOCCOCCOCCO)CCOCCOCCOCCOCCOCCOCCOCCO. The molecule has 0 bridgehead atoms. The van der Waals surface area contributed by atoms with E-state index in [0.717, 1.165) is 38.9 Å². The van der Waals surface area contributed by atoms with Crippen LogP contribution < -0.4 is 5.32 Å². The van der Waals surface area contributed by atoms with Crippen LogP contribution in [0.4, 0.5) is 0 Å². The summed E-state index contributed by atoms with van der Waals surface area (Å²) in [7, 11) is 0. The highest BCUT2D eigenvalue weighted by Crippen LogP contribution is 2.10. The third-order valence-corrected chi connectivity index (χ3v) is 9.15. The first-order valence-electron chi connectivity index (χ1n) is 24.0. The van der Waals surface area contributed by atoms with E-state index >= 15 is 0 Å². The fourth-order valence-corrected chi connectivity index (χ4v) is 5.69. The number of aliphatic hydroxyl groups is 2. The summed E-state index contributed by atoms with van der Waals surface area (Å²) in [5, 5.41) is 20.4. The third-order valence-electron chi connectivity index (χ3n) is 9.15. The summed E-state index contributed by atoms with van der Waals surface area (Å²) >= 11 is 0. The third kappa shape index (κ3) is 55.1. The van der Waals surface area contributed by atoms with Gasteiger partial charge in [-0.3, -0.25) is 9.69 Å². The van der Waals surface area contributed by atoms with Crippen LogP contribution in [-0.4, -0.2) is 232 Å². The van der Waals surface area contributed by atoms with Gasteiger partial charge in [-0.1, -0.05) is 58.3 Å². The van der Waals surface area contributed by atoms with Crippen LogP contribution in [0.1, 0.15) is 77.6 Å². The van der Waals surface area contributed by atoms with E-state index < -0.39 is 0 Å². The van der Waals surface area contributed by atoms with Gasteiger partial charge in [-0.25, -0.2) is 0 Å². The summed E-state index contributed by atoms with van der Waals surface area (Å²) in [4.78, 5) is 14.7. The largest absolute Gasteiger partial charge is 0.394 e. The average Bonchev–Trinajstić information content (AvgIpc) is 3.29. The van der Waals surface area contributed by atoms with Gasteiger partial charge in [0.15, 0.2) is 0 Å². The molecule has 0 radical (unpaired) electrons. The van der Waals surface area contributed by atoms with Crippen LogP contribution in [0.3, 0.4) is 0 Å². The maximum Gasteiger partial charge on any atom is 0.219 e. The van der Waals surface area contributed by atoms with E-state index in [1.54, 1.807) is 0 Å². The monoisotopic (exact) mass is 917 g/mol. The molecule has 18 nitrogen and oxygen atoms in total. The van der Waals surface area contributed by atoms with Crippen molar-refractivity contribution < 1.29 is 76.6 Å². The molecule has 0 atom stereocenters. The quantitative estimate of drug-likeness (QED) is 0.0754. The van der Waals surface area contributed by atoms with Gasteiger partial charge in [0.25, 0.3) is 0 Å². The van der Waals surface area contributed by atoms with Crippen LogP contribution in [0.25, 0.3) is 0 Å². The fraction of sp³-hybridized carbons (Fsp3) is 0.978. The molecule has 3 N–H and O–H groups in total. The summed E-state index contributed by atoms with van der Waals surface area (Å²) in [5.74, 6) is 0.144. The molecule has 0 saturated heterocycles. The topological polar surface area (TPSA) is 193 Å². The molecule has 0 unspecified atom stereocenters. The van der Waals surface area contributed by atoms with Crippen LogP contribution >= 0.6 is 0 Å². The van der Waals surface area contributed by atoms with Crippen LogP contribution in [0.5, 0.6) is 0 Å². The maximum atomic E-state index is 12.4. The zero-order valence-corrected chi connectivity index (χ0v) is 39.5. The number of amides is 1. The summed E-state index contributed by atoms with van der Waals surface area (Å²) in [6, 6.07) is 0. The maximum absolute atomic E-state index is 12.4. The molecule has 378 valence electrons. The lowest BCUT2D eigenvalue weighted by molar-refractivity contribution is -0.121. The molecule has 1 amide bonds. The van der Waals surface area contributed by atoms with Crippen molar-refractivity contribution in [2.45, 2.75) is 77.6 Å². The lowest BCUT2D eigenvalue weighted by Crippen LogP contribution is -2.34. The van der Waals surface area contributed by atoms with Gasteiger partial charge in [-0.2, -0.15) is 0 Å². The Morgan fingerprint density at radius 2 is 0.619 bits per heavy atom. The van der Waals surface area contributed by atoms with Gasteiger partial charge in [-0.05, 0) is 19.4 Å². The van der Waals surface area contributed by atoms with Gasteiger partial charge in [0.1, 0.15) is 0 Å². The first kappa shape index (κ1) is 61.8. The van der Waals surface area contributed by atoms with Crippen molar-refractivity contribution in [3.8, 4) is 0 Å². The summed E-state index contributed by atoms with van der Waals surface area (Å²) < 4.78 is 71.5. The number of carbonyl (C=O) groups is 1. The molecule has 0 heterocycles. The first-order valence-corrected chi connectivity index (χ1v) is 24.0. The Kier molecular flexibility index (Phi) is 55.9. The van der Waals surface area contributed by atoms with Crippen molar-refractivity contribution >= 4 is 5.91 Å². The van der Waals surface area contributed by atoms with Gasteiger partial charge in [0, 0.05) is 26.1 Å². The molecule has 0 aromatic heterocycles. The Bertz CT molecular complexity index is 857. The molecule has 0 aromatic rings. The molecule has 0 aromatic carbocycles. The minimum absolute atomic E-state index is 0.0162. The van der Waals surface area contributed by atoms with E-state index in [0.29, 0.717) is 185 Å². The molecule has 0 saturated carbocycles. The number of carbonyl (C=O) groups excluding carboxylic acids is 1. The van der Waals surface area contributed by atoms with Crippen molar-refractivity contribution in [1.29, 1.82) is 0 Å². The molecule has 0 rings (SSSR count). The molecule has 0 aliphatic rings. The summed E-state index contributed by atoms with van der Waals surface area (Å²) in [6.45, 7) is 17.8. The zero-order chi connectivity index (χ0) is 45.5. The minimum Gasteiger partial charge on any atom is -0.394 e. The molecule has 0 spiro atoms. The molecule has 63 heavy (non-hydrogen) atoms. The highest BCUT2D eigenvalue weighted by molar-refractivity contribution is 5.75. The number of ether oxygens (including phenoxy) is 13. The zero-order valence-electron chi connectivity index (χ0n) is 39.5. The van der Waals surface area contributed by atoms with Crippen LogP contribution in [0.15, 0.2) is 0 Å². The lowest BCUT2D eigenvalue weighted by Gasteiger charge is -2.22. The van der Waals surface area contributed by atoms with Crippen LogP contribution in [0.2, 0.25) is 0 Å². The van der Waals surface area contributed by atoms with Gasteiger partial charge in [0.05, 0.1) is 185 Å². The van der Waals surface area contributed by atoms with Gasteiger partial charge >= 0.3 is 0 Å². The normalized spacial score (nSPS) is 11.7. The smallest absolute Gasteiger partial charge is 0.219 e. The molecule has 0 fully saturated rings. The van der Waals surface area contributed by atoms with Gasteiger partial charge in [0.2, 0.25) is 5.91 Å². The number of nitrogens with one attached hydrogen (secondary N) is 1. The highest BCUT2D eigenvalue weighted by Gasteiger charge is 2.07. The van der Waals surface area contributed by atoms with Gasteiger partial charge < -0.3 is 77.1 Å².